The summed E-state index contributed by atoms with van der Waals surface area (Å²) in [5.41, 5.74) is -0.273. The number of H-pyrrole nitrogens is 1. The van der Waals surface area contributed by atoms with E-state index in [0.717, 1.165) is 50.9 Å². The first-order valence-electron chi connectivity index (χ1n) is 6.72. The monoisotopic (exact) mass is 251 g/mol. The van der Waals surface area contributed by atoms with Gasteiger partial charge in [-0.05, 0) is 26.7 Å². The molecule has 1 aromatic heterocycles. The van der Waals surface area contributed by atoms with E-state index in [4.69, 9.17) is 4.74 Å². The lowest BCUT2D eigenvalue weighted by molar-refractivity contribution is 0.00966. The average molecular weight is 251 g/mol. The van der Waals surface area contributed by atoms with Crippen molar-refractivity contribution in [3.05, 3.63) is 5.82 Å². The van der Waals surface area contributed by atoms with E-state index < -0.39 is 0 Å². The minimum absolute atomic E-state index is 0.273. The van der Waals surface area contributed by atoms with E-state index in [1.165, 1.54) is 0 Å². The molecular weight excluding hydrogens is 230 g/mol. The largest absolute Gasteiger partial charge is 0.367 e. The van der Waals surface area contributed by atoms with Gasteiger partial charge in [-0.25, -0.2) is 0 Å². The van der Waals surface area contributed by atoms with E-state index in [2.05, 4.69) is 39.2 Å². The molecule has 1 unspecified atom stereocenters. The first kappa shape index (κ1) is 11.9. The van der Waals surface area contributed by atoms with Crippen molar-refractivity contribution < 1.29 is 4.74 Å². The second kappa shape index (κ2) is 4.51. The number of nitrogens with one attached hydrogen (secondary N) is 2. The number of rotatable bonds is 2. The first-order valence-corrected chi connectivity index (χ1v) is 6.72. The van der Waals surface area contributed by atoms with Gasteiger partial charge in [0.05, 0.1) is 0 Å². The lowest BCUT2D eigenvalue weighted by atomic mass is 10.0. The molecule has 0 amide bonds. The van der Waals surface area contributed by atoms with Crippen molar-refractivity contribution in [2.45, 2.75) is 38.3 Å². The summed E-state index contributed by atoms with van der Waals surface area (Å²) in [4.78, 5) is 6.85. The van der Waals surface area contributed by atoms with Crippen LogP contribution in [-0.4, -0.2) is 47.5 Å². The lowest BCUT2D eigenvalue weighted by Crippen LogP contribution is -2.49. The fourth-order valence-corrected chi connectivity index (χ4v) is 2.71. The second-order valence-electron chi connectivity index (χ2n) is 5.47. The molecule has 0 bridgehead atoms. The smallest absolute Gasteiger partial charge is 0.244 e. The molecule has 6 nitrogen and oxygen atoms in total. The molecule has 2 aliphatic rings. The summed E-state index contributed by atoms with van der Waals surface area (Å²) < 4.78 is 5.78. The highest BCUT2D eigenvalue weighted by Crippen LogP contribution is 2.33. The third-order valence-corrected chi connectivity index (χ3v) is 3.84. The molecule has 2 aliphatic heterocycles. The predicted molar refractivity (Wildman–Crippen MR) is 68.6 cm³/mol. The molecule has 2 fully saturated rings. The number of anilines is 1. The number of hydrogen-bond acceptors (Lipinski definition) is 5. The SMILES string of the molecule is C[C@H]1CN(c2n[nH]c(C3(C)CCCO3)n2)CCN1. The van der Waals surface area contributed by atoms with Crippen LogP contribution in [-0.2, 0) is 10.3 Å². The average Bonchev–Trinajstić information content (AvgIpc) is 2.98. The molecule has 3 rings (SSSR count). The Morgan fingerprint density at radius 2 is 2.39 bits per heavy atom. The maximum atomic E-state index is 5.78. The summed E-state index contributed by atoms with van der Waals surface area (Å²) in [6.07, 6.45) is 2.11. The molecule has 2 atom stereocenters. The summed E-state index contributed by atoms with van der Waals surface area (Å²) in [5.74, 6) is 1.66. The Bertz CT molecular complexity index is 412. The molecular formula is C12H21N5O. The van der Waals surface area contributed by atoms with Crippen LogP contribution in [0.25, 0.3) is 0 Å². The van der Waals surface area contributed by atoms with E-state index in [-0.39, 0.29) is 5.60 Å². The number of piperazine rings is 1. The minimum Gasteiger partial charge on any atom is -0.367 e. The van der Waals surface area contributed by atoms with Crippen LogP contribution >= 0.6 is 0 Å². The normalized spacial score (nSPS) is 33.0. The van der Waals surface area contributed by atoms with Crippen LogP contribution in [0.5, 0.6) is 0 Å². The first-order chi connectivity index (χ1) is 8.67. The third-order valence-electron chi connectivity index (χ3n) is 3.84. The number of aromatic nitrogens is 3. The molecule has 0 aromatic carbocycles. The molecule has 0 radical (unpaired) electrons. The molecule has 18 heavy (non-hydrogen) atoms. The van der Waals surface area contributed by atoms with Crippen LogP contribution in [0.1, 0.15) is 32.5 Å². The molecule has 2 N–H and O–H groups in total. The number of nitrogens with zero attached hydrogens (tertiary/aromatic N) is 3. The van der Waals surface area contributed by atoms with Crippen molar-refractivity contribution in [1.29, 1.82) is 0 Å². The van der Waals surface area contributed by atoms with Crippen LogP contribution in [0.15, 0.2) is 0 Å². The summed E-state index contributed by atoms with van der Waals surface area (Å²) >= 11 is 0. The Morgan fingerprint density at radius 1 is 1.50 bits per heavy atom. The maximum absolute atomic E-state index is 5.78. The van der Waals surface area contributed by atoms with E-state index >= 15 is 0 Å². The highest BCUT2D eigenvalue weighted by atomic mass is 16.5. The summed E-state index contributed by atoms with van der Waals surface area (Å²) in [5, 5.41) is 10.8. The maximum Gasteiger partial charge on any atom is 0.244 e. The van der Waals surface area contributed by atoms with Gasteiger partial charge in [-0.2, -0.15) is 4.98 Å². The number of hydrogen-bond donors (Lipinski definition) is 2. The van der Waals surface area contributed by atoms with Crippen LogP contribution in [0.4, 0.5) is 5.95 Å². The van der Waals surface area contributed by atoms with Gasteiger partial charge in [-0.15, -0.1) is 5.10 Å². The zero-order chi connectivity index (χ0) is 12.6. The third kappa shape index (κ3) is 2.10. The molecule has 6 heteroatoms. The fraction of sp³-hybridized carbons (Fsp3) is 0.833. The standard InChI is InChI=1S/C12H21N5O/c1-9-8-17(6-5-13-9)11-14-10(15-16-11)12(2)4-3-7-18-12/h9,13H,3-8H2,1-2H3,(H,14,15,16)/t9-,12?/m0/s1. The molecule has 0 saturated carbocycles. The van der Waals surface area contributed by atoms with Crippen molar-refractivity contribution in [2.75, 3.05) is 31.1 Å². The number of aromatic amines is 1. The zero-order valence-electron chi connectivity index (χ0n) is 11.1. The Kier molecular flexibility index (Phi) is 2.99. The Hall–Kier alpha value is -1.14. The number of ether oxygens (including phenoxy) is 1. The van der Waals surface area contributed by atoms with Crippen LogP contribution in [0.2, 0.25) is 0 Å². The molecule has 2 saturated heterocycles. The van der Waals surface area contributed by atoms with E-state index in [1.807, 2.05) is 0 Å². The Morgan fingerprint density at radius 3 is 3.11 bits per heavy atom. The topological polar surface area (TPSA) is 66.1 Å². The Balaban J connectivity index is 1.76. The van der Waals surface area contributed by atoms with Crippen molar-refractivity contribution in [1.82, 2.24) is 20.5 Å². The summed E-state index contributed by atoms with van der Waals surface area (Å²) in [6.45, 7) is 7.98. The molecule has 3 heterocycles. The van der Waals surface area contributed by atoms with Crippen LogP contribution < -0.4 is 10.2 Å². The molecule has 0 aliphatic carbocycles. The van der Waals surface area contributed by atoms with Gasteiger partial charge in [0.15, 0.2) is 5.82 Å². The minimum atomic E-state index is -0.273. The molecule has 1 aromatic rings. The van der Waals surface area contributed by atoms with Crippen molar-refractivity contribution in [3.8, 4) is 0 Å². The van der Waals surface area contributed by atoms with Gasteiger partial charge in [0, 0.05) is 32.3 Å². The summed E-state index contributed by atoms with van der Waals surface area (Å²) in [6, 6.07) is 0.485. The van der Waals surface area contributed by atoms with Gasteiger partial charge in [0.1, 0.15) is 5.60 Å². The summed E-state index contributed by atoms with van der Waals surface area (Å²) in [7, 11) is 0. The van der Waals surface area contributed by atoms with E-state index in [0.29, 0.717) is 6.04 Å². The van der Waals surface area contributed by atoms with Gasteiger partial charge >= 0.3 is 0 Å². The van der Waals surface area contributed by atoms with Gasteiger partial charge in [-0.1, -0.05) is 0 Å². The van der Waals surface area contributed by atoms with Gasteiger partial charge in [0.25, 0.3) is 0 Å². The molecule has 100 valence electrons. The van der Waals surface area contributed by atoms with Gasteiger partial charge in [-0.3, -0.25) is 5.10 Å². The fourth-order valence-electron chi connectivity index (χ4n) is 2.71. The van der Waals surface area contributed by atoms with Crippen LogP contribution in [0.3, 0.4) is 0 Å². The highest BCUT2D eigenvalue weighted by molar-refractivity contribution is 5.31. The van der Waals surface area contributed by atoms with Crippen molar-refractivity contribution in [3.63, 3.8) is 0 Å². The predicted octanol–water partition coefficient (Wildman–Crippen LogP) is 0.628. The lowest BCUT2D eigenvalue weighted by Gasteiger charge is -2.30. The van der Waals surface area contributed by atoms with E-state index in [9.17, 15) is 0 Å². The quantitative estimate of drug-likeness (QED) is 0.807. The van der Waals surface area contributed by atoms with Crippen molar-refractivity contribution >= 4 is 5.95 Å². The van der Waals surface area contributed by atoms with Crippen molar-refractivity contribution in [2.24, 2.45) is 0 Å². The highest BCUT2D eigenvalue weighted by Gasteiger charge is 2.35. The second-order valence-corrected chi connectivity index (χ2v) is 5.47. The van der Waals surface area contributed by atoms with Crippen LogP contribution in [0, 0.1) is 0 Å². The van der Waals surface area contributed by atoms with E-state index in [1.54, 1.807) is 0 Å². The molecule has 0 spiro atoms. The van der Waals surface area contributed by atoms with Gasteiger partial charge < -0.3 is 15.0 Å². The zero-order valence-corrected chi connectivity index (χ0v) is 11.1. The Labute approximate surface area is 107 Å². The van der Waals surface area contributed by atoms with Gasteiger partial charge in [0.2, 0.25) is 5.95 Å².